The Morgan fingerprint density at radius 3 is 1.97 bits per heavy atom. The highest BCUT2D eigenvalue weighted by atomic mass is 35.5. The predicted molar refractivity (Wildman–Crippen MR) is 120 cm³/mol. The lowest BCUT2D eigenvalue weighted by Gasteiger charge is -2.30. The van der Waals surface area contributed by atoms with Crippen LogP contribution in [0.4, 0.5) is 5.69 Å². The van der Waals surface area contributed by atoms with Crippen molar-refractivity contribution in [3.05, 3.63) is 42.0 Å². The fraction of sp³-hybridized carbons (Fsp3) is 0.458. The molecule has 34 heavy (non-hydrogen) atoms. The maximum absolute atomic E-state index is 11.5. The number of carbonyl (C=O) groups is 1. The lowest BCUT2D eigenvalue weighted by Crippen LogP contribution is -3.26. The third kappa shape index (κ3) is 7.65. The van der Waals surface area contributed by atoms with Gasteiger partial charge in [0.05, 0.1) is 21.3 Å². The van der Waals surface area contributed by atoms with Gasteiger partial charge in [-0.1, -0.05) is 0 Å². The lowest BCUT2D eigenvalue weighted by atomic mass is 10.1. The molecule has 1 atom stereocenters. The number of hydrogen-bond acceptors (Lipinski definition) is 6. The molecule has 0 bridgehead atoms. The average molecular weight is 517 g/mol. The summed E-state index contributed by atoms with van der Waals surface area (Å²) in [5.74, 6) is 2.17. The van der Waals surface area contributed by atoms with E-state index >= 15 is 0 Å². The largest absolute Gasteiger partial charge is 1.00 e. The normalized spacial score (nSPS) is 18.0. The van der Waals surface area contributed by atoms with E-state index in [-0.39, 0.29) is 37.2 Å². The van der Waals surface area contributed by atoms with Crippen molar-refractivity contribution in [3.8, 4) is 23.0 Å². The van der Waals surface area contributed by atoms with Crippen LogP contribution >= 0.6 is 0 Å². The highest BCUT2D eigenvalue weighted by Gasteiger charge is 2.26. The Bertz CT molecular complexity index is 880. The Balaban J connectivity index is 0.00000289. The minimum atomic E-state index is -0.583. The fourth-order valence-electron chi connectivity index (χ4n) is 4.06. The van der Waals surface area contributed by atoms with Crippen LogP contribution in [0.25, 0.3) is 0 Å². The number of hydrogen-bond donors (Lipinski definition) is 3. The number of carbonyl (C=O) groups excluding carboxylic acids is 1. The van der Waals surface area contributed by atoms with Gasteiger partial charge < -0.3 is 53.8 Å². The van der Waals surface area contributed by atoms with E-state index in [4.69, 9.17) is 18.9 Å². The maximum Gasteiger partial charge on any atom is 0.203 e. The molecule has 0 amide bonds. The van der Waals surface area contributed by atoms with E-state index in [1.54, 1.807) is 40.4 Å². The van der Waals surface area contributed by atoms with Crippen molar-refractivity contribution in [2.45, 2.75) is 13.0 Å². The zero-order valence-corrected chi connectivity index (χ0v) is 21.5. The van der Waals surface area contributed by atoms with Crippen molar-refractivity contribution in [2.24, 2.45) is 0 Å². The van der Waals surface area contributed by atoms with Crippen molar-refractivity contribution >= 4 is 11.5 Å². The summed E-state index contributed by atoms with van der Waals surface area (Å²) < 4.78 is 21.8. The van der Waals surface area contributed by atoms with Gasteiger partial charge in [-0.3, -0.25) is 9.69 Å². The van der Waals surface area contributed by atoms with Crippen molar-refractivity contribution in [1.29, 1.82) is 0 Å². The fourth-order valence-corrected chi connectivity index (χ4v) is 4.06. The summed E-state index contributed by atoms with van der Waals surface area (Å²) in [5, 5.41) is 10.5. The van der Waals surface area contributed by atoms with Gasteiger partial charge in [-0.25, -0.2) is 0 Å². The summed E-state index contributed by atoms with van der Waals surface area (Å²) in [5.41, 5.74) is 1.95. The lowest BCUT2D eigenvalue weighted by molar-refractivity contribution is -0.988. The predicted octanol–water partition coefficient (Wildman–Crippen LogP) is -6.22. The van der Waals surface area contributed by atoms with E-state index in [0.29, 0.717) is 29.5 Å². The number of rotatable bonds is 10. The van der Waals surface area contributed by atoms with Crippen LogP contribution in [0.15, 0.2) is 36.4 Å². The average Bonchev–Trinajstić information content (AvgIpc) is 2.82. The Morgan fingerprint density at radius 1 is 0.941 bits per heavy atom. The molecule has 2 aromatic carbocycles. The highest BCUT2D eigenvalue weighted by molar-refractivity contribution is 5.94. The smallest absolute Gasteiger partial charge is 0.203 e. The Hall–Kier alpha value is -2.23. The summed E-state index contributed by atoms with van der Waals surface area (Å²) >= 11 is 0. The van der Waals surface area contributed by atoms with Crippen molar-refractivity contribution in [1.82, 2.24) is 0 Å². The van der Waals surface area contributed by atoms with Crippen LogP contribution < -0.4 is 53.6 Å². The monoisotopic (exact) mass is 516 g/mol. The number of Topliss-reactive ketones (excluding diaryl/α,β-unsaturated/α-hetero) is 1. The standard InChI is InChI=1S/C24H32N2O6.2ClH/c1-17(27)18-5-7-19(8-6-18)26-11-9-25(10-12-26)15-20(28)16-32-21-13-22(29-2)24(31-4)23(14-21)30-3;;/h5-8,13-14,20,28H,9-12,15-16H2,1-4H3;2*1H. The summed E-state index contributed by atoms with van der Waals surface area (Å²) in [6, 6.07) is 11.3. The molecule has 3 rings (SSSR count). The molecule has 1 aliphatic rings. The minimum absolute atomic E-state index is 0. The van der Waals surface area contributed by atoms with Gasteiger partial charge in [0.15, 0.2) is 17.3 Å². The van der Waals surface area contributed by atoms with Gasteiger partial charge in [0.1, 0.15) is 56.9 Å². The highest BCUT2D eigenvalue weighted by Crippen LogP contribution is 2.40. The molecule has 3 N–H and O–H groups in total. The van der Waals surface area contributed by atoms with Gasteiger partial charge >= 0.3 is 0 Å². The first kappa shape index (κ1) is 29.8. The molecule has 0 aliphatic carbocycles. The van der Waals surface area contributed by atoms with Crippen molar-refractivity contribution in [2.75, 3.05) is 60.7 Å². The number of nitrogens with one attached hydrogen (secondary N) is 2. The van der Waals surface area contributed by atoms with E-state index in [2.05, 4.69) is 0 Å². The molecule has 0 radical (unpaired) electrons. The van der Waals surface area contributed by atoms with E-state index in [9.17, 15) is 9.90 Å². The number of quaternary nitrogens is 2. The molecule has 1 heterocycles. The molecule has 1 unspecified atom stereocenters. The second kappa shape index (κ2) is 14.2. The molecule has 2 aromatic rings. The van der Waals surface area contributed by atoms with Crippen LogP contribution in [0.5, 0.6) is 23.0 Å². The van der Waals surface area contributed by atoms with Crippen molar-refractivity contribution in [3.63, 3.8) is 0 Å². The summed E-state index contributed by atoms with van der Waals surface area (Å²) in [4.78, 5) is 14.2. The van der Waals surface area contributed by atoms with Crippen LogP contribution in [0.3, 0.4) is 0 Å². The Labute approximate surface area is 213 Å². The Morgan fingerprint density at radius 2 is 1.50 bits per heavy atom. The van der Waals surface area contributed by atoms with Gasteiger partial charge in [-0.15, -0.1) is 0 Å². The second-order valence-electron chi connectivity index (χ2n) is 8.02. The van der Waals surface area contributed by atoms with Crippen LogP contribution in [0, 0.1) is 0 Å². The molecular formula is C24H34Cl2N2O6. The maximum atomic E-state index is 11.5. The van der Waals surface area contributed by atoms with Crippen molar-refractivity contribution < 1.29 is 63.5 Å². The molecule has 0 saturated carbocycles. The zero-order chi connectivity index (χ0) is 23.1. The molecule has 1 saturated heterocycles. The third-order valence-electron chi connectivity index (χ3n) is 5.87. The summed E-state index contributed by atoms with van der Waals surface area (Å²) in [6.45, 7) is 6.29. The topological polar surface area (TPSA) is 83.1 Å². The quantitative estimate of drug-likeness (QED) is 0.272. The second-order valence-corrected chi connectivity index (χ2v) is 8.02. The molecule has 8 nitrogen and oxygen atoms in total. The van der Waals surface area contributed by atoms with E-state index in [1.165, 1.54) is 15.5 Å². The summed E-state index contributed by atoms with van der Waals surface area (Å²) in [7, 11) is 4.66. The molecule has 10 heteroatoms. The number of methoxy groups -OCH3 is 3. The molecule has 0 spiro atoms. The van der Waals surface area contributed by atoms with Crippen LogP contribution in [0.2, 0.25) is 0 Å². The number of piperazine rings is 1. The minimum Gasteiger partial charge on any atom is -1.00 e. The summed E-state index contributed by atoms with van der Waals surface area (Å²) in [6.07, 6.45) is -0.583. The van der Waals surface area contributed by atoms with E-state index < -0.39 is 6.10 Å². The number of aliphatic hydroxyl groups is 1. The molecule has 1 aliphatic heterocycles. The number of aliphatic hydroxyl groups excluding tert-OH is 1. The molecule has 1 fully saturated rings. The van der Waals surface area contributed by atoms with E-state index in [0.717, 1.165) is 31.7 Å². The number of ether oxygens (including phenoxy) is 4. The van der Waals surface area contributed by atoms with Gasteiger partial charge in [0.25, 0.3) is 0 Å². The third-order valence-corrected chi connectivity index (χ3v) is 5.87. The first-order valence-electron chi connectivity index (χ1n) is 10.9. The first-order chi connectivity index (χ1) is 15.4. The van der Waals surface area contributed by atoms with Gasteiger partial charge in [-0.2, -0.15) is 0 Å². The molecule has 0 aromatic heterocycles. The van der Waals surface area contributed by atoms with Gasteiger partial charge in [0, 0.05) is 17.7 Å². The SMILES string of the molecule is COc1cc(OCC(O)C[NH+]2CC[NH+](c3ccc(C(C)=O)cc3)CC2)cc(OC)c1OC.[Cl-].[Cl-]. The van der Waals surface area contributed by atoms with E-state index in [1.807, 2.05) is 24.3 Å². The first-order valence-corrected chi connectivity index (χ1v) is 10.9. The van der Waals surface area contributed by atoms with Gasteiger partial charge in [0.2, 0.25) is 5.75 Å². The molecular weight excluding hydrogens is 483 g/mol. The zero-order valence-electron chi connectivity index (χ0n) is 20.0. The van der Waals surface area contributed by atoms with Crippen LogP contribution in [-0.4, -0.2) is 77.7 Å². The number of halogens is 2. The van der Waals surface area contributed by atoms with Gasteiger partial charge in [-0.05, 0) is 31.2 Å². The van der Waals surface area contributed by atoms with Crippen LogP contribution in [-0.2, 0) is 0 Å². The number of benzene rings is 2. The Kier molecular flexibility index (Phi) is 12.5. The molecule has 190 valence electrons. The number of ketones is 1. The van der Waals surface area contributed by atoms with Crippen LogP contribution in [0.1, 0.15) is 17.3 Å².